The summed E-state index contributed by atoms with van der Waals surface area (Å²) in [4.78, 5) is 0.128. The molecule has 0 aromatic heterocycles. The molecule has 0 heterocycles. The normalized spacial score (nSPS) is 23.8. The summed E-state index contributed by atoms with van der Waals surface area (Å²) in [6.45, 7) is 1.93. The first-order valence-electron chi connectivity index (χ1n) is 6.91. The third-order valence-corrected chi connectivity index (χ3v) is 5.51. The average molecular weight is 300 g/mol. The van der Waals surface area contributed by atoms with Crippen LogP contribution in [0.4, 0.5) is 4.39 Å². The molecule has 1 fully saturated rings. The summed E-state index contributed by atoms with van der Waals surface area (Å²) < 4.78 is 40.1. The summed E-state index contributed by atoms with van der Waals surface area (Å²) >= 11 is 0. The van der Waals surface area contributed by atoms with E-state index in [0.29, 0.717) is 12.1 Å². The zero-order chi connectivity index (χ0) is 14.8. The van der Waals surface area contributed by atoms with Gasteiger partial charge in [0.1, 0.15) is 5.82 Å². The van der Waals surface area contributed by atoms with Gasteiger partial charge < -0.3 is 5.73 Å². The van der Waals surface area contributed by atoms with Gasteiger partial charge in [0.25, 0.3) is 0 Å². The van der Waals surface area contributed by atoms with Gasteiger partial charge in [0.2, 0.25) is 10.0 Å². The van der Waals surface area contributed by atoms with E-state index in [9.17, 15) is 12.8 Å². The minimum atomic E-state index is -3.60. The molecule has 112 valence electrons. The molecule has 6 heteroatoms. The third-order valence-electron chi connectivity index (χ3n) is 3.93. The minimum absolute atomic E-state index is 0.0563. The second-order valence-electron chi connectivity index (χ2n) is 5.47. The molecule has 0 spiro atoms. The lowest BCUT2D eigenvalue weighted by atomic mass is 9.85. The van der Waals surface area contributed by atoms with Crippen LogP contribution in [0.5, 0.6) is 0 Å². The summed E-state index contributed by atoms with van der Waals surface area (Å²) in [5, 5.41) is 0. The first-order valence-corrected chi connectivity index (χ1v) is 8.40. The fraction of sp³-hybridized carbons (Fsp3) is 0.571. The minimum Gasteiger partial charge on any atom is -0.327 e. The molecule has 3 N–H and O–H groups in total. The highest BCUT2D eigenvalue weighted by Crippen LogP contribution is 2.23. The second-order valence-corrected chi connectivity index (χ2v) is 7.21. The number of nitrogens with one attached hydrogen (secondary N) is 1. The fourth-order valence-corrected chi connectivity index (χ4v) is 4.02. The number of hydrogen-bond donors (Lipinski definition) is 2. The number of benzene rings is 1. The van der Waals surface area contributed by atoms with Gasteiger partial charge in [-0.2, -0.15) is 0 Å². The van der Waals surface area contributed by atoms with E-state index in [1.165, 1.54) is 12.1 Å². The molecular formula is C14H21FN2O2S. The van der Waals surface area contributed by atoms with Crippen LogP contribution < -0.4 is 10.5 Å². The van der Waals surface area contributed by atoms with E-state index in [0.717, 1.165) is 31.7 Å². The Morgan fingerprint density at radius 3 is 2.70 bits per heavy atom. The Hall–Kier alpha value is -0.980. The Kier molecular flexibility index (Phi) is 4.78. The van der Waals surface area contributed by atoms with E-state index in [1.807, 2.05) is 0 Å². The molecule has 20 heavy (non-hydrogen) atoms. The largest absolute Gasteiger partial charge is 0.327 e. The number of halogens is 1. The molecule has 0 amide bonds. The van der Waals surface area contributed by atoms with Crippen LogP contribution >= 0.6 is 0 Å². The number of rotatable bonds is 4. The van der Waals surface area contributed by atoms with E-state index in [2.05, 4.69) is 4.72 Å². The molecule has 2 unspecified atom stereocenters. The first-order chi connectivity index (χ1) is 9.40. The highest BCUT2D eigenvalue weighted by molar-refractivity contribution is 7.89. The van der Waals surface area contributed by atoms with Crippen LogP contribution in [0.15, 0.2) is 23.1 Å². The van der Waals surface area contributed by atoms with Crippen LogP contribution in [-0.4, -0.2) is 21.0 Å². The predicted molar refractivity (Wildman–Crippen MR) is 76.3 cm³/mol. The zero-order valence-electron chi connectivity index (χ0n) is 11.6. The quantitative estimate of drug-likeness (QED) is 0.892. The van der Waals surface area contributed by atoms with Gasteiger partial charge in [0.15, 0.2) is 0 Å². The van der Waals surface area contributed by atoms with Crippen LogP contribution in [0.1, 0.15) is 31.2 Å². The van der Waals surface area contributed by atoms with E-state index >= 15 is 0 Å². The topological polar surface area (TPSA) is 72.2 Å². The summed E-state index contributed by atoms with van der Waals surface area (Å²) in [6.07, 6.45) is 4.10. The van der Waals surface area contributed by atoms with E-state index in [4.69, 9.17) is 5.73 Å². The van der Waals surface area contributed by atoms with Gasteiger partial charge in [0, 0.05) is 12.6 Å². The van der Waals surface area contributed by atoms with Crippen molar-refractivity contribution in [1.29, 1.82) is 0 Å². The Bertz CT molecular complexity index is 575. The molecule has 1 aliphatic carbocycles. The number of hydrogen-bond acceptors (Lipinski definition) is 3. The summed E-state index contributed by atoms with van der Waals surface area (Å²) in [5.41, 5.74) is 6.42. The SMILES string of the molecule is Cc1cc(F)ccc1S(=O)(=O)NCC1CCCCC1N. The Morgan fingerprint density at radius 2 is 2.05 bits per heavy atom. The fourth-order valence-electron chi connectivity index (χ4n) is 2.70. The maximum absolute atomic E-state index is 13.0. The Balaban J connectivity index is 2.07. The van der Waals surface area contributed by atoms with E-state index in [1.54, 1.807) is 6.92 Å². The van der Waals surface area contributed by atoms with Crippen LogP contribution in [0.25, 0.3) is 0 Å². The van der Waals surface area contributed by atoms with Gasteiger partial charge in [-0.1, -0.05) is 12.8 Å². The third kappa shape index (κ3) is 3.56. The lowest BCUT2D eigenvalue weighted by Crippen LogP contribution is -2.41. The summed E-state index contributed by atoms with van der Waals surface area (Å²) in [5.74, 6) is -0.255. The Labute approximate surface area is 119 Å². The van der Waals surface area contributed by atoms with Crippen molar-refractivity contribution in [1.82, 2.24) is 4.72 Å². The number of aryl methyl sites for hydroxylation is 1. The van der Waals surface area contributed by atoms with E-state index < -0.39 is 15.8 Å². The maximum Gasteiger partial charge on any atom is 0.240 e. The highest BCUT2D eigenvalue weighted by atomic mass is 32.2. The van der Waals surface area contributed by atoms with Crippen molar-refractivity contribution in [3.8, 4) is 0 Å². The van der Waals surface area contributed by atoms with Crippen LogP contribution in [0.2, 0.25) is 0 Å². The van der Waals surface area contributed by atoms with Crippen molar-refractivity contribution in [3.63, 3.8) is 0 Å². The molecule has 0 saturated heterocycles. The molecule has 1 aromatic rings. The van der Waals surface area contributed by atoms with Crippen molar-refractivity contribution >= 4 is 10.0 Å². The van der Waals surface area contributed by atoms with Crippen LogP contribution in [-0.2, 0) is 10.0 Å². The maximum atomic E-state index is 13.0. The second kappa shape index (κ2) is 6.20. The Morgan fingerprint density at radius 1 is 1.35 bits per heavy atom. The molecule has 2 atom stereocenters. The lowest BCUT2D eigenvalue weighted by Gasteiger charge is -2.28. The zero-order valence-corrected chi connectivity index (χ0v) is 12.4. The molecule has 4 nitrogen and oxygen atoms in total. The van der Waals surface area contributed by atoms with E-state index in [-0.39, 0.29) is 16.9 Å². The lowest BCUT2D eigenvalue weighted by molar-refractivity contribution is 0.308. The van der Waals surface area contributed by atoms with Gasteiger partial charge >= 0.3 is 0 Å². The van der Waals surface area contributed by atoms with Gasteiger partial charge in [-0.3, -0.25) is 0 Å². The van der Waals surface area contributed by atoms with Crippen LogP contribution in [0.3, 0.4) is 0 Å². The smallest absolute Gasteiger partial charge is 0.240 e. The van der Waals surface area contributed by atoms with Crippen molar-refractivity contribution in [2.45, 2.75) is 43.5 Å². The first kappa shape index (κ1) is 15.4. The predicted octanol–water partition coefficient (Wildman–Crippen LogP) is 1.93. The number of nitrogens with two attached hydrogens (primary N) is 1. The van der Waals surface area contributed by atoms with Crippen molar-refractivity contribution in [3.05, 3.63) is 29.6 Å². The molecule has 0 radical (unpaired) electrons. The van der Waals surface area contributed by atoms with Crippen molar-refractivity contribution < 1.29 is 12.8 Å². The summed E-state index contributed by atoms with van der Waals surface area (Å²) in [6, 6.07) is 3.74. The van der Waals surface area contributed by atoms with Crippen molar-refractivity contribution in [2.24, 2.45) is 11.7 Å². The standard InChI is InChI=1S/C14H21FN2O2S/c1-10-8-12(15)6-7-14(10)20(18,19)17-9-11-4-2-3-5-13(11)16/h6-8,11,13,17H,2-5,9,16H2,1H3. The molecule has 1 aromatic carbocycles. The van der Waals surface area contributed by atoms with Crippen molar-refractivity contribution in [2.75, 3.05) is 6.54 Å². The summed E-state index contributed by atoms with van der Waals surface area (Å²) in [7, 11) is -3.60. The molecule has 0 aliphatic heterocycles. The average Bonchev–Trinajstić information content (AvgIpc) is 2.37. The molecule has 1 aliphatic rings. The molecule has 1 saturated carbocycles. The highest BCUT2D eigenvalue weighted by Gasteiger charge is 2.24. The van der Waals surface area contributed by atoms with Gasteiger partial charge in [-0.25, -0.2) is 17.5 Å². The monoisotopic (exact) mass is 300 g/mol. The van der Waals surface area contributed by atoms with Crippen LogP contribution in [0, 0.1) is 18.7 Å². The molecule has 0 bridgehead atoms. The van der Waals surface area contributed by atoms with Gasteiger partial charge in [0.05, 0.1) is 4.90 Å². The van der Waals surface area contributed by atoms with Gasteiger partial charge in [-0.05, 0) is 49.4 Å². The molecule has 2 rings (SSSR count). The van der Waals surface area contributed by atoms with Gasteiger partial charge in [-0.15, -0.1) is 0 Å². The molecular weight excluding hydrogens is 279 g/mol. The number of sulfonamides is 1.